The number of rotatable bonds is 4. The number of hydrogen-bond acceptors (Lipinski definition) is 4. The van der Waals surface area contributed by atoms with Gasteiger partial charge in [-0.05, 0) is 48.3 Å². The minimum atomic E-state index is -0.0461. The van der Waals surface area contributed by atoms with E-state index in [4.69, 9.17) is 11.6 Å². The van der Waals surface area contributed by atoms with Gasteiger partial charge in [0.1, 0.15) is 0 Å². The first kappa shape index (κ1) is 14.7. The van der Waals surface area contributed by atoms with Crippen molar-refractivity contribution in [1.29, 1.82) is 0 Å². The summed E-state index contributed by atoms with van der Waals surface area (Å²) in [6.45, 7) is 0. The van der Waals surface area contributed by atoms with Gasteiger partial charge in [-0.25, -0.2) is 0 Å². The Labute approximate surface area is 134 Å². The lowest BCUT2D eigenvalue weighted by molar-refractivity contribution is 0.325. The predicted molar refractivity (Wildman–Crippen MR) is 86.1 cm³/mol. The highest BCUT2D eigenvalue weighted by atomic mass is 35.5. The van der Waals surface area contributed by atoms with Gasteiger partial charge < -0.3 is 0 Å². The molecule has 0 bridgehead atoms. The second kappa shape index (κ2) is 6.25. The van der Waals surface area contributed by atoms with Crippen LogP contribution < -0.4 is 0 Å². The lowest BCUT2D eigenvalue weighted by atomic mass is 10.1. The zero-order valence-corrected chi connectivity index (χ0v) is 13.1. The molecular weight excluding hydrogens is 298 g/mol. The molecule has 0 amide bonds. The number of hydrogen-bond donors (Lipinski definition) is 0. The molecule has 0 fully saturated rings. The molecule has 0 radical (unpaired) electrons. The highest BCUT2D eigenvalue weighted by molar-refractivity contribution is 6.30. The number of benzene rings is 2. The molecule has 0 saturated carbocycles. The number of halogens is 1. The number of nitrogens with zero attached hydrogens (tertiary/aromatic N) is 5. The van der Waals surface area contributed by atoms with Gasteiger partial charge in [0.2, 0.25) is 0 Å². The van der Waals surface area contributed by atoms with E-state index >= 15 is 0 Å². The molecule has 112 valence electrons. The number of tetrazole rings is 1. The first-order chi connectivity index (χ1) is 10.7. The maximum Gasteiger partial charge on any atom is 0.178 e. The minimum Gasteiger partial charge on any atom is -0.296 e. The maximum atomic E-state index is 6.08. The molecule has 0 saturated heterocycles. The van der Waals surface area contributed by atoms with E-state index in [2.05, 4.69) is 32.6 Å². The predicted octanol–water partition coefficient (Wildman–Crippen LogP) is 2.97. The Hall–Kier alpha value is -2.24. The summed E-state index contributed by atoms with van der Waals surface area (Å²) in [6.07, 6.45) is 0. The largest absolute Gasteiger partial charge is 0.296 e. The molecule has 6 heteroatoms. The molecular formula is C16H16ClN5. The molecule has 1 atom stereocenters. The van der Waals surface area contributed by atoms with Crippen LogP contribution in [-0.2, 0) is 0 Å². The average molecular weight is 314 g/mol. The van der Waals surface area contributed by atoms with E-state index in [1.165, 1.54) is 0 Å². The van der Waals surface area contributed by atoms with Gasteiger partial charge in [-0.2, -0.15) is 4.68 Å². The lowest BCUT2D eigenvalue weighted by Crippen LogP contribution is -2.24. The molecule has 0 aliphatic rings. The van der Waals surface area contributed by atoms with E-state index in [1.54, 1.807) is 4.68 Å². The molecule has 1 aromatic heterocycles. The van der Waals surface area contributed by atoms with Gasteiger partial charge in [0.25, 0.3) is 0 Å². The molecule has 0 aliphatic carbocycles. The van der Waals surface area contributed by atoms with Crippen molar-refractivity contribution in [2.75, 3.05) is 14.1 Å². The summed E-state index contributed by atoms with van der Waals surface area (Å²) < 4.78 is 1.73. The van der Waals surface area contributed by atoms with E-state index in [1.807, 2.05) is 56.6 Å². The Kier molecular flexibility index (Phi) is 4.18. The van der Waals surface area contributed by atoms with Crippen molar-refractivity contribution in [1.82, 2.24) is 25.1 Å². The van der Waals surface area contributed by atoms with E-state index in [0.29, 0.717) is 5.02 Å². The van der Waals surface area contributed by atoms with Gasteiger partial charge in [-0.3, -0.25) is 4.90 Å². The summed E-state index contributed by atoms with van der Waals surface area (Å²) in [6, 6.07) is 17.6. The fraction of sp³-hybridized carbons (Fsp3) is 0.188. The van der Waals surface area contributed by atoms with Crippen molar-refractivity contribution < 1.29 is 0 Å². The SMILES string of the molecule is CN(C)C(c1ccccc1)c1nnnn1-c1cccc(Cl)c1. The van der Waals surface area contributed by atoms with E-state index in [-0.39, 0.29) is 6.04 Å². The summed E-state index contributed by atoms with van der Waals surface area (Å²) in [5.74, 6) is 0.749. The Morgan fingerprint density at radius 3 is 2.50 bits per heavy atom. The Bertz CT molecular complexity index is 754. The normalized spacial score (nSPS) is 12.5. The molecule has 0 N–H and O–H groups in total. The van der Waals surface area contributed by atoms with Crippen LogP contribution in [0.4, 0.5) is 0 Å². The third kappa shape index (κ3) is 2.86. The number of aromatic nitrogens is 4. The van der Waals surface area contributed by atoms with Gasteiger partial charge in [0.05, 0.1) is 11.7 Å². The third-order valence-corrected chi connectivity index (χ3v) is 3.66. The van der Waals surface area contributed by atoms with Gasteiger partial charge in [-0.1, -0.05) is 48.0 Å². The minimum absolute atomic E-state index is 0.0461. The van der Waals surface area contributed by atoms with Crippen molar-refractivity contribution in [2.45, 2.75) is 6.04 Å². The quantitative estimate of drug-likeness (QED) is 0.743. The third-order valence-electron chi connectivity index (χ3n) is 3.42. The van der Waals surface area contributed by atoms with Crippen LogP contribution in [0.3, 0.4) is 0 Å². The first-order valence-electron chi connectivity index (χ1n) is 6.92. The topological polar surface area (TPSA) is 46.8 Å². The summed E-state index contributed by atoms with van der Waals surface area (Å²) >= 11 is 6.08. The standard InChI is InChI=1S/C16H16ClN5/c1-21(2)15(12-7-4-3-5-8-12)16-18-19-20-22(16)14-10-6-9-13(17)11-14/h3-11,15H,1-2H3. The van der Waals surface area contributed by atoms with Gasteiger partial charge in [-0.15, -0.1) is 5.10 Å². The van der Waals surface area contributed by atoms with E-state index in [0.717, 1.165) is 17.1 Å². The lowest BCUT2D eigenvalue weighted by Gasteiger charge is -2.23. The van der Waals surface area contributed by atoms with Crippen LogP contribution >= 0.6 is 11.6 Å². The van der Waals surface area contributed by atoms with Crippen molar-refractivity contribution in [3.05, 3.63) is 71.0 Å². The first-order valence-corrected chi connectivity index (χ1v) is 7.30. The van der Waals surface area contributed by atoms with Crippen LogP contribution in [0.1, 0.15) is 17.4 Å². The monoisotopic (exact) mass is 313 g/mol. The van der Waals surface area contributed by atoms with Crippen LogP contribution in [0.25, 0.3) is 5.69 Å². The van der Waals surface area contributed by atoms with Crippen molar-refractivity contribution in [3.8, 4) is 5.69 Å². The molecule has 0 aliphatic heterocycles. The molecule has 1 unspecified atom stereocenters. The Morgan fingerprint density at radius 2 is 1.82 bits per heavy atom. The molecule has 0 spiro atoms. The molecule has 22 heavy (non-hydrogen) atoms. The highest BCUT2D eigenvalue weighted by Crippen LogP contribution is 2.26. The van der Waals surface area contributed by atoms with Crippen LogP contribution in [0.5, 0.6) is 0 Å². The average Bonchev–Trinajstić information content (AvgIpc) is 2.97. The molecule has 1 heterocycles. The van der Waals surface area contributed by atoms with E-state index < -0.39 is 0 Å². The van der Waals surface area contributed by atoms with Crippen molar-refractivity contribution in [2.24, 2.45) is 0 Å². The Morgan fingerprint density at radius 1 is 1.05 bits per heavy atom. The summed E-state index contributed by atoms with van der Waals surface area (Å²) in [5.41, 5.74) is 1.97. The van der Waals surface area contributed by atoms with Gasteiger partial charge in [0, 0.05) is 5.02 Å². The van der Waals surface area contributed by atoms with Gasteiger partial charge in [0.15, 0.2) is 5.82 Å². The molecule has 3 aromatic rings. The Balaban J connectivity index is 2.10. The second-order valence-corrected chi connectivity index (χ2v) is 5.64. The summed E-state index contributed by atoms with van der Waals surface area (Å²) in [4.78, 5) is 2.09. The molecule has 3 rings (SSSR count). The van der Waals surface area contributed by atoms with Crippen LogP contribution in [0.2, 0.25) is 5.02 Å². The summed E-state index contributed by atoms with van der Waals surface area (Å²) in [5, 5.41) is 12.9. The smallest absolute Gasteiger partial charge is 0.178 e. The molecule has 2 aromatic carbocycles. The second-order valence-electron chi connectivity index (χ2n) is 5.21. The zero-order valence-electron chi connectivity index (χ0n) is 12.4. The summed E-state index contributed by atoms with van der Waals surface area (Å²) in [7, 11) is 4.02. The highest BCUT2D eigenvalue weighted by Gasteiger charge is 2.23. The van der Waals surface area contributed by atoms with E-state index in [9.17, 15) is 0 Å². The zero-order chi connectivity index (χ0) is 15.5. The molecule has 5 nitrogen and oxygen atoms in total. The maximum absolute atomic E-state index is 6.08. The van der Waals surface area contributed by atoms with Crippen LogP contribution in [0, 0.1) is 0 Å². The van der Waals surface area contributed by atoms with Crippen LogP contribution in [-0.4, -0.2) is 39.2 Å². The van der Waals surface area contributed by atoms with Crippen molar-refractivity contribution in [3.63, 3.8) is 0 Å². The van der Waals surface area contributed by atoms with Gasteiger partial charge >= 0.3 is 0 Å². The fourth-order valence-electron chi connectivity index (χ4n) is 2.47. The fourth-order valence-corrected chi connectivity index (χ4v) is 2.65. The van der Waals surface area contributed by atoms with Crippen molar-refractivity contribution >= 4 is 11.6 Å². The van der Waals surface area contributed by atoms with Crippen LogP contribution in [0.15, 0.2) is 54.6 Å².